The fourth-order valence-electron chi connectivity index (χ4n) is 7.62. The van der Waals surface area contributed by atoms with Crippen molar-refractivity contribution in [3.05, 3.63) is 0 Å². The van der Waals surface area contributed by atoms with E-state index in [1.165, 1.54) is 6.42 Å². The zero-order valence-electron chi connectivity index (χ0n) is 15.0. The smallest absolute Gasteiger partial charge is 0.130 e. The third-order valence-electron chi connectivity index (χ3n) is 8.98. The van der Waals surface area contributed by atoms with Crippen LogP contribution >= 0.6 is 0 Å². The highest BCUT2D eigenvalue weighted by molar-refractivity contribution is 5.25. The number of hydrogen-bond acceptors (Lipinski definition) is 2. The Morgan fingerprint density at radius 1 is 0.917 bits per heavy atom. The molecule has 8 atom stereocenters. The Morgan fingerprint density at radius 2 is 1.62 bits per heavy atom. The van der Waals surface area contributed by atoms with Crippen molar-refractivity contribution in [1.82, 2.24) is 0 Å². The van der Waals surface area contributed by atoms with Crippen LogP contribution in [0.4, 0.5) is 0 Å². The van der Waals surface area contributed by atoms with Gasteiger partial charge in [0.2, 0.25) is 0 Å². The minimum Gasteiger partial charge on any atom is -0.378 e. The van der Waals surface area contributed by atoms with E-state index in [2.05, 4.69) is 25.7 Å². The standard InChI is InChI=1S/C22H30O2/c1-5-21(23)13-15-7-8-16-17(19(15,3)14-21)9-11-20(4)18(16)10-12-22(20,24)6-2/h1-2,15-18,23-24H,7-14H2,3-4H3/t15?,16?,17?,18?,19-,20-,21?,22-/m0/s1. The SMILES string of the molecule is C#CC1(O)CC2CCC3C(CC[C@@]4(C)C3CC[C@@]4(O)C#C)[C@@]2(C)C1. The molecule has 4 aliphatic carbocycles. The van der Waals surface area contributed by atoms with Gasteiger partial charge >= 0.3 is 0 Å². The lowest BCUT2D eigenvalue weighted by atomic mass is 9.47. The van der Waals surface area contributed by atoms with Gasteiger partial charge in [0, 0.05) is 5.41 Å². The Hall–Kier alpha value is -0.960. The van der Waals surface area contributed by atoms with Crippen molar-refractivity contribution in [3.63, 3.8) is 0 Å². The number of aliphatic hydroxyl groups is 2. The normalized spacial score (nSPS) is 58.9. The summed E-state index contributed by atoms with van der Waals surface area (Å²) in [4.78, 5) is 0. The summed E-state index contributed by atoms with van der Waals surface area (Å²) in [6, 6.07) is 0. The number of terminal acetylenes is 2. The molecule has 0 heterocycles. The summed E-state index contributed by atoms with van der Waals surface area (Å²) in [6.07, 6.45) is 19.1. The maximum atomic E-state index is 11.0. The van der Waals surface area contributed by atoms with E-state index in [-0.39, 0.29) is 10.8 Å². The van der Waals surface area contributed by atoms with E-state index in [1.54, 1.807) is 0 Å². The van der Waals surface area contributed by atoms with Crippen molar-refractivity contribution in [2.24, 2.45) is 34.5 Å². The zero-order valence-corrected chi connectivity index (χ0v) is 15.0. The van der Waals surface area contributed by atoms with Crippen molar-refractivity contribution in [2.45, 2.75) is 76.4 Å². The first-order valence-electron chi connectivity index (χ1n) is 9.62. The van der Waals surface area contributed by atoms with E-state index in [9.17, 15) is 10.2 Å². The first kappa shape index (κ1) is 16.5. The van der Waals surface area contributed by atoms with E-state index in [0.717, 1.165) is 44.9 Å². The molecule has 0 aromatic carbocycles. The lowest BCUT2D eigenvalue weighted by molar-refractivity contribution is -0.119. The van der Waals surface area contributed by atoms with Crippen LogP contribution in [0.5, 0.6) is 0 Å². The average Bonchev–Trinajstić information content (AvgIpc) is 2.99. The molecule has 0 bridgehead atoms. The highest BCUT2D eigenvalue weighted by Gasteiger charge is 2.66. The summed E-state index contributed by atoms with van der Waals surface area (Å²) in [5.74, 6) is 7.70. The Labute approximate surface area is 146 Å². The van der Waals surface area contributed by atoms with Gasteiger partial charge in [-0.2, -0.15) is 0 Å². The van der Waals surface area contributed by atoms with Gasteiger partial charge in [-0.1, -0.05) is 25.7 Å². The van der Waals surface area contributed by atoms with Gasteiger partial charge in [0.15, 0.2) is 0 Å². The summed E-state index contributed by atoms with van der Waals surface area (Å²) in [6.45, 7) is 4.59. The van der Waals surface area contributed by atoms with Crippen molar-refractivity contribution in [1.29, 1.82) is 0 Å². The van der Waals surface area contributed by atoms with Gasteiger partial charge in [-0.25, -0.2) is 0 Å². The predicted octanol–water partition coefficient (Wildman–Crippen LogP) is 3.37. The second-order valence-electron chi connectivity index (χ2n) is 9.71. The molecule has 0 aromatic heterocycles. The number of rotatable bonds is 0. The third kappa shape index (κ3) is 1.83. The molecular formula is C22H30O2. The minimum absolute atomic E-state index is 0.141. The first-order valence-corrected chi connectivity index (χ1v) is 9.62. The van der Waals surface area contributed by atoms with Gasteiger partial charge in [-0.15, -0.1) is 12.8 Å². The van der Waals surface area contributed by atoms with Crippen LogP contribution in [0, 0.1) is 59.2 Å². The molecule has 130 valence electrons. The van der Waals surface area contributed by atoms with Crippen LogP contribution in [-0.2, 0) is 0 Å². The van der Waals surface area contributed by atoms with Crippen LogP contribution in [-0.4, -0.2) is 21.4 Å². The highest BCUT2D eigenvalue weighted by Crippen LogP contribution is 2.69. The number of hydrogen-bond donors (Lipinski definition) is 2. The van der Waals surface area contributed by atoms with Gasteiger partial charge < -0.3 is 10.2 Å². The maximum absolute atomic E-state index is 11.0. The van der Waals surface area contributed by atoms with Gasteiger partial charge in [-0.05, 0) is 80.5 Å². The lowest BCUT2D eigenvalue weighted by Gasteiger charge is -2.58. The minimum atomic E-state index is -0.935. The summed E-state index contributed by atoms with van der Waals surface area (Å²) in [7, 11) is 0. The molecular weight excluding hydrogens is 296 g/mol. The van der Waals surface area contributed by atoms with Crippen molar-refractivity contribution < 1.29 is 10.2 Å². The van der Waals surface area contributed by atoms with Gasteiger partial charge in [0.1, 0.15) is 11.2 Å². The molecule has 0 spiro atoms. The molecule has 2 nitrogen and oxygen atoms in total. The van der Waals surface area contributed by atoms with E-state index in [1.807, 2.05) is 0 Å². The van der Waals surface area contributed by atoms with Crippen LogP contribution < -0.4 is 0 Å². The Kier molecular flexibility index (Phi) is 3.31. The van der Waals surface area contributed by atoms with Crippen LogP contribution in [0.25, 0.3) is 0 Å². The molecule has 0 aliphatic heterocycles. The molecule has 0 radical (unpaired) electrons. The summed E-state index contributed by atoms with van der Waals surface area (Å²) in [5.41, 5.74) is -1.85. The maximum Gasteiger partial charge on any atom is 0.130 e. The fraction of sp³-hybridized carbons (Fsp3) is 0.818. The Balaban J connectivity index is 1.68. The molecule has 5 unspecified atom stereocenters. The van der Waals surface area contributed by atoms with Gasteiger partial charge in [-0.3, -0.25) is 0 Å². The third-order valence-corrected chi connectivity index (χ3v) is 8.98. The molecule has 0 aromatic rings. The largest absolute Gasteiger partial charge is 0.378 e. The van der Waals surface area contributed by atoms with E-state index in [4.69, 9.17) is 12.8 Å². The second kappa shape index (κ2) is 4.81. The molecule has 0 amide bonds. The van der Waals surface area contributed by atoms with Crippen LogP contribution in [0.3, 0.4) is 0 Å². The molecule has 4 aliphatic rings. The van der Waals surface area contributed by atoms with Crippen molar-refractivity contribution in [3.8, 4) is 24.7 Å². The summed E-state index contributed by atoms with van der Waals surface area (Å²) < 4.78 is 0. The van der Waals surface area contributed by atoms with Crippen LogP contribution in [0.15, 0.2) is 0 Å². The van der Waals surface area contributed by atoms with Crippen LogP contribution in [0.1, 0.15) is 65.2 Å². The zero-order chi connectivity index (χ0) is 17.4. The van der Waals surface area contributed by atoms with Crippen molar-refractivity contribution in [2.75, 3.05) is 0 Å². The van der Waals surface area contributed by atoms with E-state index >= 15 is 0 Å². The second-order valence-corrected chi connectivity index (χ2v) is 9.71. The number of fused-ring (bicyclic) bond motifs is 5. The molecule has 4 rings (SSSR count). The molecule has 0 saturated heterocycles. The molecule has 24 heavy (non-hydrogen) atoms. The lowest BCUT2D eigenvalue weighted by Crippen LogP contribution is -2.54. The molecule has 2 heteroatoms. The van der Waals surface area contributed by atoms with E-state index in [0.29, 0.717) is 23.7 Å². The molecule has 2 N–H and O–H groups in total. The summed E-state index contributed by atoms with van der Waals surface area (Å²) >= 11 is 0. The molecule has 4 saturated carbocycles. The van der Waals surface area contributed by atoms with Gasteiger partial charge in [0.05, 0.1) is 0 Å². The van der Waals surface area contributed by atoms with Crippen molar-refractivity contribution >= 4 is 0 Å². The van der Waals surface area contributed by atoms with E-state index < -0.39 is 11.2 Å². The summed E-state index contributed by atoms with van der Waals surface area (Å²) in [5, 5.41) is 21.8. The fourth-order valence-corrected chi connectivity index (χ4v) is 7.62. The average molecular weight is 326 g/mol. The van der Waals surface area contributed by atoms with Crippen LogP contribution in [0.2, 0.25) is 0 Å². The first-order chi connectivity index (χ1) is 11.2. The Bertz CT molecular complexity index is 641. The molecule has 4 fully saturated rings. The Morgan fingerprint density at radius 3 is 2.29 bits per heavy atom. The van der Waals surface area contributed by atoms with Gasteiger partial charge in [0.25, 0.3) is 0 Å². The highest BCUT2D eigenvalue weighted by atomic mass is 16.3. The predicted molar refractivity (Wildman–Crippen MR) is 94.7 cm³/mol. The monoisotopic (exact) mass is 326 g/mol. The quantitative estimate of drug-likeness (QED) is 0.670. The topological polar surface area (TPSA) is 40.5 Å².